The Balaban J connectivity index is 2.17. The summed E-state index contributed by atoms with van der Waals surface area (Å²) in [5, 5.41) is 19.0. The maximum absolute atomic E-state index is 9.91. The van der Waals surface area contributed by atoms with E-state index in [0.29, 0.717) is 17.9 Å². The average molecular weight is 244 g/mol. The minimum atomic E-state index is -0.199. The molecule has 0 aliphatic rings. The van der Waals surface area contributed by atoms with Crippen molar-refractivity contribution in [2.45, 2.75) is 20.1 Å². The molecule has 0 heterocycles. The Labute approximate surface area is 106 Å². The minimum absolute atomic E-state index is 0.0130. The molecule has 2 aromatic rings. The molecule has 0 fully saturated rings. The van der Waals surface area contributed by atoms with Crippen LogP contribution in [0.5, 0.6) is 11.5 Å². The molecule has 2 N–H and O–H groups in total. The van der Waals surface area contributed by atoms with E-state index in [-0.39, 0.29) is 12.4 Å². The number of benzene rings is 2. The molecule has 0 aliphatic heterocycles. The SMILES string of the molecule is Cc1cc(CO)c(O)c(OCc2ccccc2)c1. The molecule has 2 rings (SSSR count). The van der Waals surface area contributed by atoms with Crippen LogP contribution in [0.1, 0.15) is 16.7 Å². The first-order valence-corrected chi connectivity index (χ1v) is 5.81. The van der Waals surface area contributed by atoms with Gasteiger partial charge in [0, 0.05) is 5.56 Å². The first-order chi connectivity index (χ1) is 8.70. The van der Waals surface area contributed by atoms with Crippen molar-refractivity contribution in [1.82, 2.24) is 0 Å². The third-order valence-corrected chi connectivity index (χ3v) is 2.71. The fourth-order valence-electron chi connectivity index (χ4n) is 1.78. The van der Waals surface area contributed by atoms with Gasteiger partial charge in [-0.2, -0.15) is 0 Å². The van der Waals surface area contributed by atoms with Gasteiger partial charge in [-0.05, 0) is 30.2 Å². The van der Waals surface area contributed by atoms with Gasteiger partial charge >= 0.3 is 0 Å². The number of rotatable bonds is 4. The normalized spacial score (nSPS) is 10.3. The lowest BCUT2D eigenvalue weighted by Crippen LogP contribution is -1.97. The van der Waals surface area contributed by atoms with Crippen molar-refractivity contribution in [3.05, 3.63) is 59.2 Å². The van der Waals surface area contributed by atoms with E-state index in [1.807, 2.05) is 37.3 Å². The molecule has 0 spiro atoms. The van der Waals surface area contributed by atoms with Gasteiger partial charge in [0.1, 0.15) is 6.61 Å². The van der Waals surface area contributed by atoms with Crippen LogP contribution in [0.25, 0.3) is 0 Å². The molecule has 0 radical (unpaired) electrons. The van der Waals surface area contributed by atoms with Gasteiger partial charge in [-0.1, -0.05) is 30.3 Å². The third-order valence-electron chi connectivity index (χ3n) is 2.71. The summed E-state index contributed by atoms with van der Waals surface area (Å²) >= 11 is 0. The molecular weight excluding hydrogens is 228 g/mol. The number of hydrogen-bond donors (Lipinski definition) is 2. The van der Waals surface area contributed by atoms with E-state index in [1.165, 1.54) is 0 Å². The maximum Gasteiger partial charge on any atom is 0.163 e. The molecule has 0 amide bonds. The molecule has 18 heavy (non-hydrogen) atoms. The number of phenols is 1. The van der Waals surface area contributed by atoms with Gasteiger partial charge < -0.3 is 14.9 Å². The highest BCUT2D eigenvalue weighted by molar-refractivity contribution is 5.48. The topological polar surface area (TPSA) is 49.7 Å². The molecule has 0 unspecified atom stereocenters. The summed E-state index contributed by atoms with van der Waals surface area (Å²) in [6.45, 7) is 2.09. The van der Waals surface area contributed by atoms with Crippen LogP contribution in [-0.2, 0) is 13.2 Å². The van der Waals surface area contributed by atoms with Crippen molar-refractivity contribution in [3.63, 3.8) is 0 Å². The van der Waals surface area contributed by atoms with Crippen LogP contribution in [0.3, 0.4) is 0 Å². The van der Waals surface area contributed by atoms with Crippen LogP contribution in [0.4, 0.5) is 0 Å². The molecule has 2 aromatic carbocycles. The Morgan fingerprint density at radius 3 is 2.50 bits per heavy atom. The number of aromatic hydroxyl groups is 1. The van der Waals surface area contributed by atoms with Crippen molar-refractivity contribution >= 4 is 0 Å². The second-order valence-electron chi connectivity index (χ2n) is 4.20. The predicted octanol–water partition coefficient (Wildman–Crippen LogP) is 2.77. The summed E-state index contributed by atoms with van der Waals surface area (Å²) in [5.41, 5.74) is 2.46. The molecular formula is C15H16O3. The van der Waals surface area contributed by atoms with Crippen LogP contribution < -0.4 is 4.74 Å². The van der Waals surface area contributed by atoms with Crippen molar-refractivity contribution in [2.24, 2.45) is 0 Å². The number of hydrogen-bond acceptors (Lipinski definition) is 3. The quantitative estimate of drug-likeness (QED) is 0.869. The van der Waals surface area contributed by atoms with Crippen molar-refractivity contribution in [3.8, 4) is 11.5 Å². The zero-order valence-corrected chi connectivity index (χ0v) is 10.3. The summed E-state index contributed by atoms with van der Waals surface area (Å²) in [4.78, 5) is 0. The molecule has 0 aromatic heterocycles. The molecule has 3 heteroatoms. The van der Waals surface area contributed by atoms with Crippen molar-refractivity contribution in [1.29, 1.82) is 0 Å². The number of ether oxygens (including phenoxy) is 1. The van der Waals surface area contributed by atoms with E-state index in [9.17, 15) is 5.11 Å². The Bertz CT molecular complexity index is 521. The number of aryl methyl sites for hydroxylation is 1. The summed E-state index contributed by atoms with van der Waals surface area (Å²) in [6.07, 6.45) is 0. The molecule has 0 bridgehead atoms. The lowest BCUT2D eigenvalue weighted by Gasteiger charge is -2.11. The average Bonchev–Trinajstić information content (AvgIpc) is 2.40. The highest BCUT2D eigenvalue weighted by Gasteiger charge is 2.09. The van der Waals surface area contributed by atoms with E-state index in [1.54, 1.807) is 12.1 Å². The smallest absolute Gasteiger partial charge is 0.163 e. The Hall–Kier alpha value is -2.00. The minimum Gasteiger partial charge on any atom is -0.504 e. The standard InChI is InChI=1S/C15H16O3/c1-11-7-13(9-16)15(17)14(8-11)18-10-12-5-3-2-4-6-12/h2-8,16-17H,9-10H2,1H3. The zero-order valence-electron chi connectivity index (χ0n) is 10.3. The summed E-state index contributed by atoms with van der Waals surface area (Å²) in [6, 6.07) is 13.2. The third kappa shape index (κ3) is 2.81. The van der Waals surface area contributed by atoms with Crippen molar-refractivity contribution in [2.75, 3.05) is 0 Å². The van der Waals surface area contributed by atoms with Crippen LogP contribution in [0, 0.1) is 6.92 Å². The van der Waals surface area contributed by atoms with Gasteiger partial charge in [-0.3, -0.25) is 0 Å². The lowest BCUT2D eigenvalue weighted by atomic mass is 10.1. The molecule has 0 atom stereocenters. The summed E-state index contributed by atoms with van der Waals surface area (Å²) in [7, 11) is 0. The molecule has 3 nitrogen and oxygen atoms in total. The van der Waals surface area contributed by atoms with Crippen LogP contribution >= 0.6 is 0 Å². The Morgan fingerprint density at radius 1 is 1.11 bits per heavy atom. The van der Waals surface area contributed by atoms with Crippen molar-refractivity contribution < 1.29 is 14.9 Å². The largest absolute Gasteiger partial charge is 0.504 e. The first-order valence-electron chi connectivity index (χ1n) is 5.81. The van der Waals surface area contributed by atoms with E-state index in [0.717, 1.165) is 11.1 Å². The van der Waals surface area contributed by atoms with Gasteiger partial charge in [-0.15, -0.1) is 0 Å². The second-order valence-corrected chi connectivity index (χ2v) is 4.20. The van der Waals surface area contributed by atoms with Gasteiger partial charge in [0.05, 0.1) is 6.61 Å². The zero-order chi connectivity index (χ0) is 13.0. The van der Waals surface area contributed by atoms with Gasteiger partial charge in [-0.25, -0.2) is 0 Å². The summed E-state index contributed by atoms with van der Waals surface area (Å²) in [5.74, 6) is 0.418. The van der Waals surface area contributed by atoms with Gasteiger partial charge in [0.15, 0.2) is 11.5 Å². The molecule has 0 saturated carbocycles. The maximum atomic E-state index is 9.91. The van der Waals surface area contributed by atoms with Crippen LogP contribution in [0.15, 0.2) is 42.5 Å². The first kappa shape index (κ1) is 12.5. The van der Waals surface area contributed by atoms with Crippen LogP contribution in [0.2, 0.25) is 0 Å². The van der Waals surface area contributed by atoms with Gasteiger partial charge in [0.25, 0.3) is 0 Å². The Morgan fingerprint density at radius 2 is 1.83 bits per heavy atom. The monoisotopic (exact) mass is 244 g/mol. The molecule has 0 saturated heterocycles. The van der Waals surface area contributed by atoms with E-state index in [2.05, 4.69) is 0 Å². The highest BCUT2D eigenvalue weighted by atomic mass is 16.5. The second kappa shape index (κ2) is 5.56. The predicted molar refractivity (Wildman–Crippen MR) is 69.5 cm³/mol. The molecule has 94 valence electrons. The highest BCUT2D eigenvalue weighted by Crippen LogP contribution is 2.32. The Kier molecular flexibility index (Phi) is 3.85. The van der Waals surface area contributed by atoms with Gasteiger partial charge in [0.2, 0.25) is 0 Å². The molecule has 0 aliphatic carbocycles. The fraction of sp³-hybridized carbons (Fsp3) is 0.200. The van der Waals surface area contributed by atoms with Crippen LogP contribution in [-0.4, -0.2) is 10.2 Å². The number of aliphatic hydroxyl groups excluding tert-OH is 1. The summed E-state index contributed by atoms with van der Waals surface area (Å²) < 4.78 is 5.59. The van der Waals surface area contributed by atoms with E-state index in [4.69, 9.17) is 9.84 Å². The fourth-order valence-corrected chi connectivity index (χ4v) is 1.78. The number of aliphatic hydroxyl groups is 1. The van der Waals surface area contributed by atoms with E-state index >= 15 is 0 Å². The van der Waals surface area contributed by atoms with E-state index < -0.39 is 0 Å². The lowest BCUT2D eigenvalue weighted by molar-refractivity contribution is 0.263.